The van der Waals surface area contributed by atoms with E-state index in [1.165, 1.54) is 5.38 Å². The normalized spacial score (nSPS) is 10.0. The van der Waals surface area contributed by atoms with Gasteiger partial charge >= 0.3 is 5.97 Å². The summed E-state index contributed by atoms with van der Waals surface area (Å²) in [4.78, 5) is 39.2. The summed E-state index contributed by atoms with van der Waals surface area (Å²) >= 11 is 0.869. The molecule has 0 radical (unpaired) electrons. The van der Waals surface area contributed by atoms with Gasteiger partial charge < -0.3 is 15.3 Å². The van der Waals surface area contributed by atoms with Gasteiger partial charge in [-0.3, -0.25) is 9.59 Å². The highest BCUT2D eigenvalue weighted by atomic mass is 32.1. The quantitative estimate of drug-likeness (QED) is 0.790. The summed E-state index contributed by atoms with van der Waals surface area (Å²) in [5.74, 6) is -1.92. The molecule has 0 saturated heterocycles. The Balaban J connectivity index is 2.55. The Morgan fingerprint density at radius 2 is 2.00 bits per heavy atom. The van der Waals surface area contributed by atoms with Gasteiger partial charge in [-0.15, -0.1) is 11.3 Å². The van der Waals surface area contributed by atoms with Crippen LogP contribution in [0.1, 0.15) is 34.1 Å². The Morgan fingerprint density at radius 3 is 2.47 bits per heavy atom. The molecular formula is C11H15N3O4S. The molecule has 1 rings (SSSR count). The summed E-state index contributed by atoms with van der Waals surface area (Å²) in [5, 5.41) is 12.3. The van der Waals surface area contributed by atoms with E-state index in [0.717, 1.165) is 11.3 Å². The lowest BCUT2D eigenvalue weighted by atomic mass is 10.4. The van der Waals surface area contributed by atoms with Crippen LogP contribution in [-0.4, -0.2) is 52.4 Å². The van der Waals surface area contributed by atoms with Crippen LogP contribution in [0, 0.1) is 0 Å². The van der Waals surface area contributed by atoms with Crippen LogP contribution in [0.25, 0.3) is 0 Å². The van der Waals surface area contributed by atoms with Crippen molar-refractivity contribution >= 4 is 29.1 Å². The highest BCUT2D eigenvalue weighted by molar-refractivity contribution is 7.11. The summed E-state index contributed by atoms with van der Waals surface area (Å²) in [6.07, 6.45) is 0. The number of aromatic carboxylic acids is 1. The van der Waals surface area contributed by atoms with Crippen LogP contribution in [0.4, 0.5) is 0 Å². The molecule has 2 amide bonds. The minimum absolute atomic E-state index is 0.00902. The van der Waals surface area contributed by atoms with Gasteiger partial charge in [-0.05, 0) is 13.8 Å². The number of likely N-dealkylation sites (N-methyl/N-ethyl adjacent to an activating group) is 1. The molecule has 2 N–H and O–H groups in total. The van der Waals surface area contributed by atoms with E-state index in [9.17, 15) is 14.4 Å². The number of aromatic nitrogens is 1. The zero-order chi connectivity index (χ0) is 14.4. The van der Waals surface area contributed by atoms with Crippen molar-refractivity contribution in [1.29, 1.82) is 0 Å². The zero-order valence-electron chi connectivity index (χ0n) is 10.7. The molecule has 0 saturated carbocycles. The predicted octanol–water partition coefficient (Wildman–Crippen LogP) is 0.439. The molecule has 0 atom stereocenters. The number of nitrogens with one attached hydrogen (secondary N) is 1. The Labute approximate surface area is 114 Å². The molecule has 0 fully saturated rings. The lowest BCUT2D eigenvalue weighted by Gasteiger charge is -2.18. The number of hydrogen-bond acceptors (Lipinski definition) is 5. The third-order valence-corrected chi connectivity index (χ3v) is 3.27. The van der Waals surface area contributed by atoms with Crippen LogP contribution in [0.3, 0.4) is 0 Å². The van der Waals surface area contributed by atoms with Crippen molar-refractivity contribution in [1.82, 2.24) is 15.2 Å². The molecular weight excluding hydrogens is 270 g/mol. The van der Waals surface area contributed by atoms with Gasteiger partial charge in [-0.25, -0.2) is 9.78 Å². The number of thiazole rings is 1. The molecule has 0 aliphatic rings. The van der Waals surface area contributed by atoms with Gasteiger partial charge in [-0.1, -0.05) is 0 Å². The van der Waals surface area contributed by atoms with Gasteiger partial charge in [-0.2, -0.15) is 0 Å². The second-order valence-electron chi connectivity index (χ2n) is 3.59. The average Bonchev–Trinajstić information content (AvgIpc) is 2.87. The predicted molar refractivity (Wildman–Crippen MR) is 69.3 cm³/mol. The number of rotatable bonds is 6. The fourth-order valence-corrected chi connectivity index (χ4v) is 2.05. The Kier molecular flexibility index (Phi) is 5.43. The van der Waals surface area contributed by atoms with Crippen LogP contribution in [0.2, 0.25) is 0 Å². The van der Waals surface area contributed by atoms with Crippen molar-refractivity contribution in [3.05, 3.63) is 16.1 Å². The number of carboxylic acid groups (broad SMARTS) is 1. The summed E-state index contributed by atoms with van der Waals surface area (Å²) in [7, 11) is 0. The van der Waals surface area contributed by atoms with E-state index in [1.54, 1.807) is 4.90 Å². The smallest absolute Gasteiger partial charge is 0.365 e. The molecule has 0 bridgehead atoms. The standard InChI is InChI=1S/C11H15N3O4S/c1-3-14(4-2)8(15)5-12-9(16)7-6-19-10(13-7)11(17)18/h6H,3-5H2,1-2H3,(H,12,16)(H,17,18). The second-order valence-corrected chi connectivity index (χ2v) is 4.45. The van der Waals surface area contributed by atoms with Crippen LogP contribution in [-0.2, 0) is 4.79 Å². The van der Waals surface area contributed by atoms with Crippen molar-refractivity contribution in [2.75, 3.05) is 19.6 Å². The first-order chi connectivity index (χ1) is 8.99. The summed E-state index contributed by atoms with van der Waals surface area (Å²) < 4.78 is 0. The molecule has 0 aliphatic heterocycles. The molecule has 0 aromatic carbocycles. The molecule has 8 heteroatoms. The number of amides is 2. The van der Waals surface area contributed by atoms with Crippen molar-refractivity contribution in [2.45, 2.75) is 13.8 Å². The van der Waals surface area contributed by atoms with Gasteiger partial charge in [0.1, 0.15) is 5.69 Å². The number of nitrogens with zero attached hydrogens (tertiary/aromatic N) is 2. The maximum Gasteiger partial charge on any atom is 0.365 e. The topological polar surface area (TPSA) is 99.6 Å². The monoisotopic (exact) mass is 285 g/mol. The minimum Gasteiger partial charge on any atom is -0.476 e. The maximum absolute atomic E-state index is 11.7. The number of carbonyl (C=O) groups excluding carboxylic acids is 2. The van der Waals surface area contributed by atoms with Crippen molar-refractivity contribution in [3.63, 3.8) is 0 Å². The average molecular weight is 285 g/mol. The third kappa shape index (κ3) is 4.02. The molecule has 7 nitrogen and oxygen atoms in total. The Hall–Kier alpha value is -1.96. The molecule has 0 unspecified atom stereocenters. The molecule has 1 aromatic rings. The second kappa shape index (κ2) is 6.83. The van der Waals surface area contributed by atoms with E-state index in [2.05, 4.69) is 10.3 Å². The molecule has 104 valence electrons. The molecule has 19 heavy (non-hydrogen) atoms. The number of carbonyl (C=O) groups is 3. The highest BCUT2D eigenvalue weighted by Gasteiger charge is 2.16. The van der Waals surface area contributed by atoms with Crippen LogP contribution in [0.15, 0.2) is 5.38 Å². The van der Waals surface area contributed by atoms with E-state index < -0.39 is 11.9 Å². The molecule has 1 heterocycles. The first kappa shape index (κ1) is 15.1. The fraction of sp³-hybridized carbons (Fsp3) is 0.455. The van der Waals surface area contributed by atoms with E-state index in [0.29, 0.717) is 13.1 Å². The molecule has 0 aliphatic carbocycles. The largest absolute Gasteiger partial charge is 0.476 e. The van der Waals surface area contributed by atoms with Gasteiger partial charge in [0.2, 0.25) is 10.9 Å². The van der Waals surface area contributed by atoms with Crippen molar-refractivity contribution in [3.8, 4) is 0 Å². The van der Waals surface area contributed by atoms with E-state index in [-0.39, 0.29) is 23.2 Å². The van der Waals surface area contributed by atoms with Crippen molar-refractivity contribution in [2.24, 2.45) is 0 Å². The Morgan fingerprint density at radius 1 is 1.37 bits per heavy atom. The van der Waals surface area contributed by atoms with E-state index in [4.69, 9.17) is 5.11 Å². The van der Waals surface area contributed by atoms with Crippen molar-refractivity contribution < 1.29 is 19.5 Å². The lowest BCUT2D eigenvalue weighted by Crippen LogP contribution is -2.40. The SMILES string of the molecule is CCN(CC)C(=O)CNC(=O)c1csc(C(=O)O)n1. The van der Waals surface area contributed by atoms with Crippen LogP contribution >= 0.6 is 11.3 Å². The highest BCUT2D eigenvalue weighted by Crippen LogP contribution is 2.09. The van der Waals surface area contributed by atoms with Gasteiger partial charge in [0.25, 0.3) is 5.91 Å². The van der Waals surface area contributed by atoms with Crippen LogP contribution < -0.4 is 5.32 Å². The Bertz CT molecular complexity index is 482. The van der Waals surface area contributed by atoms with Gasteiger partial charge in [0.15, 0.2) is 0 Å². The lowest BCUT2D eigenvalue weighted by molar-refractivity contribution is -0.129. The fourth-order valence-electron chi connectivity index (χ4n) is 1.41. The molecule has 0 spiro atoms. The van der Waals surface area contributed by atoms with E-state index >= 15 is 0 Å². The number of carboxylic acids is 1. The number of hydrogen-bond donors (Lipinski definition) is 2. The zero-order valence-corrected chi connectivity index (χ0v) is 11.5. The third-order valence-electron chi connectivity index (χ3n) is 2.44. The molecule has 1 aromatic heterocycles. The van der Waals surface area contributed by atoms with Crippen LogP contribution in [0.5, 0.6) is 0 Å². The first-order valence-electron chi connectivity index (χ1n) is 5.74. The van der Waals surface area contributed by atoms with Gasteiger partial charge in [0, 0.05) is 18.5 Å². The van der Waals surface area contributed by atoms with Gasteiger partial charge in [0.05, 0.1) is 6.54 Å². The van der Waals surface area contributed by atoms with E-state index in [1.807, 2.05) is 13.8 Å². The maximum atomic E-state index is 11.7. The first-order valence-corrected chi connectivity index (χ1v) is 6.62. The summed E-state index contributed by atoms with van der Waals surface area (Å²) in [5.41, 5.74) is 0.00902. The summed E-state index contributed by atoms with van der Waals surface area (Å²) in [6.45, 7) is 4.72. The minimum atomic E-state index is -1.18. The summed E-state index contributed by atoms with van der Waals surface area (Å²) in [6, 6.07) is 0.